The van der Waals surface area contributed by atoms with E-state index in [2.05, 4.69) is 18.7 Å². The maximum absolute atomic E-state index is 13.0. The molecule has 33 heavy (non-hydrogen) atoms. The zero-order valence-electron chi connectivity index (χ0n) is 20.9. The Morgan fingerprint density at radius 1 is 1.09 bits per heavy atom. The summed E-state index contributed by atoms with van der Waals surface area (Å²) in [5.41, 5.74) is -0.242. The van der Waals surface area contributed by atoms with Crippen molar-refractivity contribution in [2.45, 2.75) is 76.0 Å². The van der Waals surface area contributed by atoms with Crippen molar-refractivity contribution in [2.24, 2.45) is 5.92 Å². The first kappa shape index (κ1) is 28.0. The minimum Gasteiger partial charge on any atom is -0.520 e. The molecule has 0 N–H and O–H groups in total. The van der Waals surface area contributed by atoms with Crippen LogP contribution in [0, 0.1) is 5.92 Å². The second kappa shape index (κ2) is 12.6. The van der Waals surface area contributed by atoms with Gasteiger partial charge in [-0.3, -0.25) is 4.90 Å². The van der Waals surface area contributed by atoms with Crippen molar-refractivity contribution in [1.82, 2.24) is 14.7 Å². The van der Waals surface area contributed by atoms with Gasteiger partial charge in [0.1, 0.15) is 5.60 Å². The predicted octanol–water partition coefficient (Wildman–Crippen LogP) is -0.579. The van der Waals surface area contributed by atoms with E-state index < -0.39 is 0 Å². The van der Waals surface area contributed by atoms with Crippen LogP contribution < -0.4 is 58.2 Å². The maximum Gasteiger partial charge on any atom is 1.00 e. The van der Waals surface area contributed by atoms with Crippen molar-refractivity contribution in [3.8, 4) is 0 Å². The molecule has 0 aliphatic carbocycles. The van der Waals surface area contributed by atoms with E-state index in [4.69, 9.17) is 14.2 Å². The van der Waals surface area contributed by atoms with Gasteiger partial charge in [-0.15, -0.1) is 0 Å². The van der Waals surface area contributed by atoms with Crippen LogP contribution in [-0.2, 0) is 19.0 Å². The molecule has 2 atom stereocenters. The van der Waals surface area contributed by atoms with Crippen LogP contribution >= 0.6 is 0 Å². The van der Waals surface area contributed by atoms with Gasteiger partial charge in [0.05, 0.1) is 32.5 Å². The third-order valence-electron chi connectivity index (χ3n) is 8.29. The number of ether oxygens (including phenoxy) is 3. The Hall–Kier alpha value is 0.425. The second-order valence-corrected chi connectivity index (χ2v) is 10.3. The summed E-state index contributed by atoms with van der Waals surface area (Å²) in [6, 6.07) is 0. The first-order valence-corrected chi connectivity index (χ1v) is 12.5. The van der Waals surface area contributed by atoms with E-state index in [1.165, 1.54) is 0 Å². The van der Waals surface area contributed by atoms with E-state index in [0.29, 0.717) is 32.3 Å². The molecule has 0 saturated carbocycles. The van der Waals surface area contributed by atoms with E-state index in [1.54, 1.807) is 4.90 Å². The van der Waals surface area contributed by atoms with Crippen LogP contribution in [0.2, 0.25) is 0 Å². The SMILES string of the molecule is CCCC[C@H]1CN(C[C@@H]2COCCO2)C(=O)OC12CCN(C1(C)CCN([C-]=O)CC1)CC2.[Rb+]. The number of piperidine rings is 2. The summed E-state index contributed by atoms with van der Waals surface area (Å²) >= 11 is 0. The molecule has 0 radical (unpaired) electrons. The van der Waals surface area contributed by atoms with E-state index in [9.17, 15) is 9.59 Å². The summed E-state index contributed by atoms with van der Waals surface area (Å²) in [5.74, 6) is 0.353. The zero-order valence-corrected chi connectivity index (χ0v) is 25.8. The fourth-order valence-corrected chi connectivity index (χ4v) is 6.00. The molecule has 0 bridgehead atoms. The zero-order chi connectivity index (χ0) is 22.6. The van der Waals surface area contributed by atoms with Gasteiger partial charge in [0.25, 0.3) is 0 Å². The predicted molar refractivity (Wildman–Crippen MR) is 120 cm³/mol. The molecule has 1 spiro atoms. The maximum atomic E-state index is 13.0. The average molecular weight is 536 g/mol. The van der Waals surface area contributed by atoms with Gasteiger partial charge in [0, 0.05) is 43.9 Å². The van der Waals surface area contributed by atoms with Crippen LogP contribution in [0.4, 0.5) is 4.79 Å². The Morgan fingerprint density at radius 3 is 2.42 bits per heavy atom. The standard InChI is InChI=1S/C24H40N3O5.Rb/c1-3-4-5-20-16-26(17-21-18-30-14-15-31-21)22(29)32-24(20)8-12-27(13-9-24)23(2)6-10-25(19-28)11-7-23;/h20-21H,3-18H2,1-2H3;/q-1;+1/t20-,21+;/m0./s1. The molecule has 4 aliphatic heterocycles. The topological polar surface area (TPSA) is 71.6 Å². The smallest absolute Gasteiger partial charge is 0.520 e. The fraction of sp³-hybridized carbons (Fsp3) is 0.917. The molecule has 0 aromatic heterocycles. The van der Waals surface area contributed by atoms with Crippen LogP contribution in [0.1, 0.15) is 58.8 Å². The number of hydrogen-bond acceptors (Lipinski definition) is 6. The molecule has 2 amide bonds. The molecule has 182 valence electrons. The molecule has 4 heterocycles. The van der Waals surface area contributed by atoms with Gasteiger partial charge in [-0.1, -0.05) is 19.8 Å². The van der Waals surface area contributed by atoms with Gasteiger partial charge >= 0.3 is 64.3 Å². The molecular weight excluding hydrogens is 496 g/mol. The van der Waals surface area contributed by atoms with Gasteiger partial charge in [-0.05, 0) is 39.3 Å². The summed E-state index contributed by atoms with van der Waals surface area (Å²) in [4.78, 5) is 30.2. The number of hydrogen-bond donors (Lipinski definition) is 0. The number of likely N-dealkylation sites (tertiary alicyclic amines) is 2. The van der Waals surface area contributed by atoms with Crippen molar-refractivity contribution in [1.29, 1.82) is 0 Å². The molecule has 4 fully saturated rings. The molecule has 0 aromatic rings. The number of unbranched alkanes of at least 4 members (excludes halogenated alkanes) is 1. The van der Waals surface area contributed by atoms with Crippen molar-refractivity contribution in [3.05, 3.63) is 0 Å². The summed E-state index contributed by atoms with van der Waals surface area (Å²) < 4.78 is 17.6. The first-order chi connectivity index (χ1) is 15.5. The first-order valence-electron chi connectivity index (χ1n) is 12.5. The third kappa shape index (κ3) is 6.60. The normalized spacial score (nSPS) is 29.9. The molecule has 4 aliphatic rings. The largest absolute Gasteiger partial charge is 1.00 e. The van der Waals surface area contributed by atoms with Crippen molar-refractivity contribution in [2.75, 3.05) is 59.1 Å². The van der Waals surface area contributed by atoms with Gasteiger partial charge in [0.2, 0.25) is 0 Å². The van der Waals surface area contributed by atoms with Gasteiger partial charge in [-0.25, -0.2) is 4.79 Å². The molecule has 4 saturated heterocycles. The Bertz CT molecular complexity index is 644. The van der Waals surface area contributed by atoms with E-state index >= 15 is 0 Å². The second-order valence-electron chi connectivity index (χ2n) is 10.3. The van der Waals surface area contributed by atoms with Gasteiger partial charge in [-0.2, -0.15) is 6.41 Å². The fourth-order valence-electron chi connectivity index (χ4n) is 6.00. The number of rotatable bonds is 7. The number of carbonyl (C=O) groups excluding carboxylic acids is 2. The third-order valence-corrected chi connectivity index (χ3v) is 8.29. The van der Waals surface area contributed by atoms with E-state index in [0.717, 1.165) is 77.7 Å². The number of nitrogens with zero attached hydrogens (tertiary/aromatic N) is 3. The van der Waals surface area contributed by atoms with Crippen molar-refractivity contribution >= 4 is 12.5 Å². The molecular formula is C24H40N3O5Rb. The number of amides is 2. The quantitative estimate of drug-likeness (QED) is 0.406. The molecule has 8 nitrogen and oxygen atoms in total. The Kier molecular flexibility index (Phi) is 10.7. The summed E-state index contributed by atoms with van der Waals surface area (Å²) in [6.07, 6.45) is 8.91. The Balaban J connectivity index is 0.00000306. The molecule has 0 aromatic carbocycles. The van der Waals surface area contributed by atoms with Crippen LogP contribution in [0.3, 0.4) is 0 Å². The van der Waals surface area contributed by atoms with E-state index in [1.807, 2.05) is 11.3 Å². The summed E-state index contributed by atoms with van der Waals surface area (Å²) in [5, 5.41) is 0. The monoisotopic (exact) mass is 535 g/mol. The van der Waals surface area contributed by atoms with Crippen LogP contribution in [0.5, 0.6) is 0 Å². The molecule has 9 heteroatoms. The van der Waals surface area contributed by atoms with Crippen LogP contribution in [0.25, 0.3) is 0 Å². The van der Waals surface area contributed by atoms with Gasteiger partial charge < -0.3 is 28.8 Å². The van der Waals surface area contributed by atoms with Crippen molar-refractivity contribution in [3.63, 3.8) is 0 Å². The molecule has 4 rings (SSSR count). The van der Waals surface area contributed by atoms with Crippen molar-refractivity contribution < 1.29 is 82.0 Å². The minimum absolute atomic E-state index is 0. The van der Waals surface area contributed by atoms with Crippen LogP contribution in [-0.4, -0.2) is 104 Å². The summed E-state index contributed by atoms with van der Waals surface area (Å²) in [6.45, 7) is 11.0. The average Bonchev–Trinajstić information content (AvgIpc) is 2.82. The number of carbonyl (C=O) groups is 1. The Labute approximate surface area is 247 Å². The summed E-state index contributed by atoms with van der Waals surface area (Å²) in [7, 11) is 0. The molecule has 0 unspecified atom stereocenters. The van der Waals surface area contributed by atoms with E-state index in [-0.39, 0.29) is 81.5 Å². The van der Waals surface area contributed by atoms with Gasteiger partial charge in [0.15, 0.2) is 0 Å². The van der Waals surface area contributed by atoms with Crippen LogP contribution in [0.15, 0.2) is 0 Å². The Morgan fingerprint density at radius 2 is 1.82 bits per heavy atom. The minimum atomic E-state index is -0.350.